The molecule has 1 unspecified atom stereocenters. The smallest absolute Gasteiger partial charge is 0.249 e. The van der Waals surface area contributed by atoms with Crippen LogP contribution in [0.2, 0.25) is 0 Å². The molecule has 0 N–H and O–H groups in total. The summed E-state index contributed by atoms with van der Waals surface area (Å²) in [6.07, 6.45) is 1.19. The molecule has 1 amide bonds. The fourth-order valence-corrected chi connectivity index (χ4v) is 3.32. The Labute approximate surface area is 157 Å². The third-order valence-corrected chi connectivity index (χ3v) is 4.67. The number of ether oxygens (including phenoxy) is 1. The normalized spacial score (nSPS) is 16.7. The van der Waals surface area contributed by atoms with Gasteiger partial charge in [-0.05, 0) is 43.2 Å². The minimum Gasteiger partial charge on any atom is -0.494 e. The van der Waals surface area contributed by atoms with E-state index in [-0.39, 0.29) is 11.9 Å². The number of hydrogen-bond donors (Lipinski definition) is 0. The van der Waals surface area contributed by atoms with Crippen molar-refractivity contribution in [1.82, 2.24) is 15.0 Å². The Hall–Kier alpha value is -3.15. The summed E-state index contributed by atoms with van der Waals surface area (Å²) in [5.41, 5.74) is 1.94. The van der Waals surface area contributed by atoms with E-state index in [9.17, 15) is 4.79 Å². The zero-order valence-electron chi connectivity index (χ0n) is 15.2. The first kappa shape index (κ1) is 17.3. The summed E-state index contributed by atoms with van der Waals surface area (Å²) >= 11 is 0. The van der Waals surface area contributed by atoms with E-state index in [1.54, 1.807) is 0 Å². The highest BCUT2D eigenvalue weighted by Crippen LogP contribution is 2.34. The van der Waals surface area contributed by atoms with Gasteiger partial charge in [0, 0.05) is 18.5 Å². The van der Waals surface area contributed by atoms with Crippen molar-refractivity contribution in [3.05, 3.63) is 66.1 Å². The summed E-state index contributed by atoms with van der Waals surface area (Å²) < 4.78 is 11.0. The molecule has 1 aliphatic heterocycles. The molecule has 1 saturated heterocycles. The van der Waals surface area contributed by atoms with E-state index in [2.05, 4.69) is 10.1 Å². The van der Waals surface area contributed by atoms with E-state index in [0.717, 1.165) is 16.9 Å². The van der Waals surface area contributed by atoms with E-state index in [1.807, 2.05) is 66.4 Å². The first-order chi connectivity index (χ1) is 13.2. The monoisotopic (exact) mass is 363 g/mol. The van der Waals surface area contributed by atoms with Crippen LogP contribution in [0, 0.1) is 0 Å². The largest absolute Gasteiger partial charge is 0.494 e. The highest BCUT2D eigenvalue weighted by Gasteiger charge is 2.35. The lowest BCUT2D eigenvalue weighted by Crippen LogP contribution is -2.27. The van der Waals surface area contributed by atoms with Crippen molar-refractivity contribution in [2.75, 3.05) is 6.61 Å². The predicted molar refractivity (Wildman–Crippen MR) is 99.9 cm³/mol. The molecular weight excluding hydrogens is 342 g/mol. The first-order valence-electron chi connectivity index (χ1n) is 9.15. The van der Waals surface area contributed by atoms with Crippen molar-refractivity contribution in [1.29, 1.82) is 0 Å². The molecule has 138 valence electrons. The Morgan fingerprint density at radius 1 is 1.15 bits per heavy atom. The van der Waals surface area contributed by atoms with E-state index in [0.29, 0.717) is 37.7 Å². The zero-order chi connectivity index (χ0) is 18.6. The van der Waals surface area contributed by atoms with Crippen LogP contribution in [0.1, 0.15) is 37.3 Å². The second-order valence-electron chi connectivity index (χ2n) is 6.48. The molecule has 0 spiro atoms. The maximum atomic E-state index is 12.4. The van der Waals surface area contributed by atoms with Crippen molar-refractivity contribution >= 4 is 5.91 Å². The Kier molecular flexibility index (Phi) is 4.87. The molecule has 0 saturated carbocycles. The fourth-order valence-electron chi connectivity index (χ4n) is 3.32. The Bertz CT molecular complexity index is 906. The molecule has 0 aliphatic carbocycles. The van der Waals surface area contributed by atoms with Gasteiger partial charge in [-0.2, -0.15) is 4.98 Å². The molecule has 2 aromatic carbocycles. The summed E-state index contributed by atoms with van der Waals surface area (Å²) in [7, 11) is 0. The van der Waals surface area contributed by atoms with Crippen LogP contribution in [-0.4, -0.2) is 27.6 Å². The minimum absolute atomic E-state index is 0.115. The van der Waals surface area contributed by atoms with Gasteiger partial charge in [-0.25, -0.2) is 0 Å². The van der Waals surface area contributed by atoms with Gasteiger partial charge in [0.15, 0.2) is 0 Å². The topological polar surface area (TPSA) is 68.5 Å². The van der Waals surface area contributed by atoms with Gasteiger partial charge in [-0.3, -0.25) is 4.79 Å². The highest BCUT2D eigenvalue weighted by atomic mass is 16.5. The van der Waals surface area contributed by atoms with Crippen molar-refractivity contribution in [3.63, 3.8) is 0 Å². The van der Waals surface area contributed by atoms with Gasteiger partial charge in [0.05, 0.1) is 6.61 Å². The maximum absolute atomic E-state index is 12.4. The van der Waals surface area contributed by atoms with E-state index in [1.165, 1.54) is 0 Å². The Balaban J connectivity index is 1.53. The summed E-state index contributed by atoms with van der Waals surface area (Å²) in [6, 6.07) is 17.3. The minimum atomic E-state index is -0.179. The van der Waals surface area contributed by atoms with Gasteiger partial charge in [0.25, 0.3) is 0 Å². The van der Waals surface area contributed by atoms with Crippen LogP contribution in [0.3, 0.4) is 0 Å². The van der Waals surface area contributed by atoms with Crippen LogP contribution in [0.15, 0.2) is 59.1 Å². The maximum Gasteiger partial charge on any atom is 0.249 e. The Morgan fingerprint density at radius 3 is 2.67 bits per heavy atom. The molecule has 6 heteroatoms. The number of benzene rings is 2. The number of amides is 1. The van der Waals surface area contributed by atoms with Crippen LogP contribution in [0.4, 0.5) is 0 Å². The molecule has 3 aromatic rings. The lowest BCUT2D eigenvalue weighted by atomic mass is 10.1. The number of carbonyl (C=O) groups excluding carboxylic acids is 1. The molecular formula is C21H21N3O3. The average Bonchev–Trinajstić information content (AvgIpc) is 3.31. The third-order valence-electron chi connectivity index (χ3n) is 4.67. The fraction of sp³-hybridized carbons (Fsp3) is 0.286. The first-order valence-corrected chi connectivity index (χ1v) is 9.15. The Morgan fingerprint density at radius 2 is 1.93 bits per heavy atom. The predicted octanol–water partition coefficient (Wildman–Crippen LogP) is 4.00. The van der Waals surface area contributed by atoms with Gasteiger partial charge in [0.2, 0.25) is 17.6 Å². The lowest BCUT2D eigenvalue weighted by Gasteiger charge is -2.22. The van der Waals surface area contributed by atoms with Crippen LogP contribution >= 0.6 is 0 Å². The molecule has 6 nitrogen and oxygen atoms in total. The van der Waals surface area contributed by atoms with Gasteiger partial charge >= 0.3 is 0 Å². The van der Waals surface area contributed by atoms with Crippen LogP contribution < -0.4 is 4.74 Å². The third kappa shape index (κ3) is 3.69. The summed E-state index contributed by atoms with van der Waals surface area (Å²) in [4.78, 5) is 18.7. The highest BCUT2D eigenvalue weighted by molar-refractivity contribution is 5.78. The quantitative estimate of drug-likeness (QED) is 0.662. The van der Waals surface area contributed by atoms with Crippen molar-refractivity contribution in [2.45, 2.75) is 32.4 Å². The number of likely N-dealkylation sites (tertiary alicyclic amines) is 1. The average molecular weight is 363 g/mol. The van der Waals surface area contributed by atoms with Crippen molar-refractivity contribution in [2.24, 2.45) is 0 Å². The second-order valence-corrected chi connectivity index (χ2v) is 6.48. The summed E-state index contributed by atoms with van der Waals surface area (Å²) in [5.74, 6) is 1.93. The molecule has 1 aromatic heterocycles. The molecule has 4 rings (SSSR count). The van der Waals surface area contributed by atoms with E-state index < -0.39 is 0 Å². The van der Waals surface area contributed by atoms with Crippen molar-refractivity contribution in [3.8, 4) is 17.1 Å². The van der Waals surface area contributed by atoms with E-state index in [4.69, 9.17) is 9.26 Å². The number of carbonyl (C=O) groups is 1. The van der Waals surface area contributed by atoms with Gasteiger partial charge < -0.3 is 14.2 Å². The van der Waals surface area contributed by atoms with Crippen LogP contribution in [-0.2, 0) is 11.3 Å². The molecule has 1 atom stereocenters. The van der Waals surface area contributed by atoms with E-state index >= 15 is 0 Å². The molecule has 0 bridgehead atoms. The van der Waals surface area contributed by atoms with Crippen molar-refractivity contribution < 1.29 is 14.1 Å². The second kappa shape index (κ2) is 7.61. The summed E-state index contributed by atoms with van der Waals surface area (Å²) in [5, 5.41) is 4.11. The summed E-state index contributed by atoms with van der Waals surface area (Å²) in [6.45, 7) is 3.12. The van der Waals surface area contributed by atoms with Crippen LogP contribution in [0.25, 0.3) is 11.4 Å². The van der Waals surface area contributed by atoms with Gasteiger partial charge in [-0.1, -0.05) is 35.5 Å². The van der Waals surface area contributed by atoms with Crippen LogP contribution in [0.5, 0.6) is 5.75 Å². The molecule has 0 radical (unpaired) electrons. The SMILES string of the molecule is CCOc1ccc(-c2noc(C3CCC(=O)N3Cc3ccccc3)n2)cc1. The molecule has 2 heterocycles. The standard InChI is InChI=1S/C21H21N3O3/c1-2-26-17-10-8-16(9-11-17)20-22-21(27-23-20)18-12-13-19(25)24(18)14-15-6-4-3-5-7-15/h3-11,18H,2,12-14H2,1H3. The number of aromatic nitrogens is 2. The number of nitrogens with zero attached hydrogens (tertiary/aromatic N) is 3. The lowest BCUT2D eigenvalue weighted by molar-refractivity contribution is -0.129. The molecule has 1 fully saturated rings. The molecule has 1 aliphatic rings. The van der Waals surface area contributed by atoms with Gasteiger partial charge in [0.1, 0.15) is 11.8 Å². The number of hydrogen-bond acceptors (Lipinski definition) is 5. The number of rotatable bonds is 6. The van der Waals surface area contributed by atoms with Gasteiger partial charge in [-0.15, -0.1) is 0 Å². The molecule has 27 heavy (non-hydrogen) atoms. The zero-order valence-corrected chi connectivity index (χ0v) is 15.2.